The first-order valence-corrected chi connectivity index (χ1v) is 7.08. The Morgan fingerprint density at radius 3 is 2.79 bits per heavy atom. The van der Waals surface area contributed by atoms with Gasteiger partial charge in [-0.1, -0.05) is 12.1 Å². The quantitative estimate of drug-likeness (QED) is 0.585. The Kier molecular flexibility index (Phi) is 3.87. The number of nitro benzene ring substituents is 1. The molecular formula is C16H13N3O5. The summed E-state index contributed by atoms with van der Waals surface area (Å²) in [4.78, 5) is 34.2. The van der Waals surface area contributed by atoms with E-state index in [-0.39, 0.29) is 17.8 Å². The third kappa shape index (κ3) is 3.02. The van der Waals surface area contributed by atoms with Gasteiger partial charge >= 0.3 is 5.76 Å². The van der Waals surface area contributed by atoms with Crippen molar-refractivity contribution in [3.8, 4) is 0 Å². The van der Waals surface area contributed by atoms with E-state index in [4.69, 9.17) is 4.42 Å². The maximum absolute atomic E-state index is 12.1. The summed E-state index contributed by atoms with van der Waals surface area (Å²) in [7, 11) is 0. The van der Waals surface area contributed by atoms with E-state index in [9.17, 15) is 19.7 Å². The zero-order valence-electron chi connectivity index (χ0n) is 12.7. The van der Waals surface area contributed by atoms with Crippen molar-refractivity contribution in [2.45, 2.75) is 13.5 Å². The monoisotopic (exact) mass is 327 g/mol. The van der Waals surface area contributed by atoms with E-state index in [1.54, 1.807) is 12.1 Å². The summed E-state index contributed by atoms with van der Waals surface area (Å²) in [5.74, 6) is -1.14. The van der Waals surface area contributed by atoms with Crippen LogP contribution in [0.3, 0.4) is 0 Å². The van der Waals surface area contributed by atoms with Crippen LogP contribution >= 0.6 is 0 Å². The minimum Gasteiger partial charge on any atom is -0.407 e. The second-order valence-corrected chi connectivity index (χ2v) is 5.28. The van der Waals surface area contributed by atoms with Crippen LogP contribution in [0.2, 0.25) is 0 Å². The zero-order valence-corrected chi connectivity index (χ0v) is 12.7. The SMILES string of the molecule is Cc1cccc(NC(=O)Cn2c(=O)oc3cc([N+](=O)[O-])ccc32)c1. The van der Waals surface area contributed by atoms with Crippen LogP contribution in [0.1, 0.15) is 5.56 Å². The molecule has 8 nitrogen and oxygen atoms in total. The Morgan fingerprint density at radius 2 is 2.08 bits per heavy atom. The first kappa shape index (κ1) is 15.5. The van der Waals surface area contributed by atoms with Crippen LogP contribution in [0.4, 0.5) is 11.4 Å². The third-order valence-electron chi connectivity index (χ3n) is 3.47. The van der Waals surface area contributed by atoms with E-state index < -0.39 is 16.6 Å². The first-order chi connectivity index (χ1) is 11.4. The Morgan fingerprint density at radius 1 is 1.29 bits per heavy atom. The molecule has 1 heterocycles. The second kappa shape index (κ2) is 5.99. The van der Waals surface area contributed by atoms with Crippen LogP contribution in [-0.2, 0) is 11.3 Å². The molecule has 3 rings (SSSR count). The van der Waals surface area contributed by atoms with Gasteiger partial charge < -0.3 is 9.73 Å². The molecular weight excluding hydrogens is 314 g/mol. The Hall–Kier alpha value is -3.42. The third-order valence-corrected chi connectivity index (χ3v) is 3.47. The van der Waals surface area contributed by atoms with E-state index in [0.717, 1.165) is 16.2 Å². The molecule has 0 unspecified atom stereocenters. The molecule has 0 saturated carbocycles. The van der Waals surface area contributed by atoms with Crippen molar-refractivity contribution in [1.29, 1.82) is 0 Å². The maximum Gasteiger partial charge on any atom is 0.420 e. The number of aromatic nitrogens is 1. The van der Waals surface area contributed by atoms with Gasteiger partial charge in [-0.05, 0) is 30.7 Å². The van der Waals surface area contributed by atoms with Crippen molar-refractivity contribution in [3.63, 3.8) is 0 Å². The lowest BCUT2D eigenvalue weighted by molar-refractivity contribution is -0.384. The highest BCUT2D eigenvalue weighted by Crippen LogP contribution is 2.20. The minimum atomic E-state index is -0.745. The van der Waals surface area contributed by atoms with Gasteiger partial charge in [0.25, 0.3) is 5.69 Å². The Bertz CT molecular complexity index is 1000. The highest BCUT2D eigenvalue weighted by atomic mass is 16.6. The standard InChI is InChI=1S/C16H13N3O5/c1-10-3-2-4-11(7-10)17-15(20)9-18-13-6-5-12(19(22)23)8-14(13)24-16(18)21/h2-8H,9H2,1H3,(H,17,20). The Balaban J connectivity index is 1.87. The van der Waals surface area contributed by atoms with Gasteiger partial charge in [-0.3, -0.25) is 19.5 Å². The summed E-state index contributed by atoms with van der Waals surface area (Å²) >= 11 is 0. The number of hydrogen-bond donors (Lipinski definition) is 1. The molecule has 0 saturated heterocycles. The molecule has 1 amide bonds. The number of oxazole rings is 1. The molecule has 2 aromatic carbocycles. The number of carbonyl (C=O) groups excluding carboxylic acids is 1. The van der Waals surface area contributed by atoms with E-state index in [2.05, 4.69) is 5.32 Å². The number of anilines is 1. The summed E-state index contributed by atoms with van der Waals surface area (Å²) in [6.07, 6.45) is 0. The molecule has 0 fully saturated rings. The van der Waals surface area contributed by atoms with Gasteiger partial charge in [-0.25, -0.2) is 4.79 Å². The highest BCUT2D eigenvalue weighted by molar-refractivity contribution is 5.91. The van der Waals surface area contributed by atoms with Crippen LogP contribution in [0.25, 0.3) is 11.1 Å². The molecule has 24 heavy (non-hydrogen) atoms. The average molecular weight is 327 g/mol. The van der Waals surface area contributed by atoms with Gasteiger partial charge in [0.15, 0.2) is 5.58 Å². The number of fused-ring (bicyclic) bond motifs is 1. The summed E-state index contributed by atoms with van der Waals surface area (Å²) in [5.41, 5.74) is 1.82. The lowest BCUT2D eigenvalue weighted by Crippen LogP contribution is -2.24. The number of carbonyl (C=O) groups is 1. The molecule has 1 N–H and O–H groups in total. The molecule has 1 aromatic heterocycles. The second-order valence-electron chi connectivity index (χ2n) is 5.28. The summed E-state index contributed by atoms with van der Waals surface area (Å²) in [5, 5.41) is 13.5. The number of rotatable bonds is 4. The lowest BCUT2D eigenvalue weighted by Gasteiger charge is -2.06. The number of nitro groups is 1. The van der Waals surface area contributed by atoms with Crippen LogP contribution < -0.4 is 11.1 Å². The molecule has 0 aliphatic heterocycles. The zero-order chi connectivity index (χ0) is 17.3. The van der Waals surface area contributed by atoms with Gasteiger partial charge in [0.2, 0.25) is 5.91 Å². The van der Waals surface area contributed by atoms with Gasteiger partial charge in [0.05, 0.1) is 16.5 Å². The fourth-order valence-corrected chi connectivity index (χ4v) is 2.39. The van der Waals surface area contributed by atoms with E-state index in [1.165, 1.54) is 12.1 Å². The first-order valence-electron chi connectivity index (χ1n) is 7.08. The number of amides is 1. The smallest absolute Gasteiger partial charge is 0.407 e. The minimum absolute atomic E-state index is 0.0672. The van der Waals surface area contributed by atoms with E-state index in [0.29, 0.717) is 11.2 Å². The predicted molar refractivity (Wildman–Crippen MR) is 86.9 cm³/mol. The fourth-order valence-electron chi connectivity index (χ4n) is 2.39. The summed E-state index contributed by atoms with van der Waals surface area (Å²) in [6.45, 7) is 1.65. The van der Waals surface area contributed by atoms with Crippen molar-refractivity contribution >= 4 is 28.4 Å². The highest BCUT2D eigenvalue weighted by Gasteiger charge is 2.16. The number of hydrogen-bond acceptors (Lipinski definition) is 5. The summed E-state index contributed by atoms with van der Waals surface area (Å²) in [6, 6.07) is 11.1. The van der Waals surface area contributed by atoms with E-state index >= 15 is 0 Å². The number of benzene rings is 2. The summed E-state index contributed by atoms with van der Waals surface area (Å²) < 4.78 is 6.11. The normalized spacial score (nSPS) is 10.7. The van der Waals surface area contributed by atoms with Crippen molar-refractivity contribution in [1.82, 2.24) is 4.57 Å². The molecule has 0 atom stereocenters. The van der Waals surface area contributed by atoms with E-state index in [1.807, 2.05) is 19.1 Å². The van der Waals surface area contributed by atoms with Crippen molar-refractivity contribution < 1.29 is 14.1 Å². The van der Waals surface area contributed by atoms with Gasteiger partial charge in [0, 0.05) is 11.8 Å². The van der Waals surface area contributed by atoms with Gasteiger partial charge in [-0.2, -0.15) is 0 Å². The number of nitrogens with zero attached hydrogens (tertiary/aromatic N) is 2. The largest absolute Gasteiger partial charge is 0.420 e. The molecule has 0 aliphatic rings. The fraction of sp³-hybridized carbons (Fsp3) is 0.125. The van der Waals surface area contributed by atoms with Crippen molar-refractivity contribution in [2.24, 2.45) is 0 Å². The van der Waals surface area contributed by atoms with Gasteiger partial charge in [0.1, 0.15) is 6.54 Å². The van der Waals surface area contributed by atoms with Crippen LogP contribution in [0, 0.1) is 17.0 Å². The molecule has 0 radical (unpaired) electrons. The number of nitrogens with one attached hydrogen (secondary N) is 1. The van der Waals surface area contributed by atoms with Crippen LogP contribution in [0.5, 0.6) is 0 Å². The molecule has 122 valence electrons. The molecule has 8 heteroatoms. The molecule has 3 aromatic rings. The molecule has 0 bridgehead atoms. The van der Waals surface area contributed by atoms with Crippen LogP contribution in [-0.4, -0.2) is 15.4 Å². The predicted octanol–water partition coefficient (Wildman–Crippen LogP) is 2.45. The van der Waals surface area contributed by atoms with Crippen molar-refractivity contribution in [2.75, 3.05) is 5.32 Å². The maximum atomic E-state index is 12.1. The van der Waals surface area contributed by atoms with Crippen molar-refractivity contribution in [3.05, 3.63) is 68.7 Å². The molecule has 0 spiro atoms. The molecule has 0 aliphatic carbocycles. The van der Waals surface area contributed by atoms with Crippen LogP contribution in [0.15, 0.2) is 51.7 Å². The van der Waals surface area contributed by atoms with Gasteiger partial charge in [-0.15, -0.1) is 0 Å². The topological polar surface area (TPSA) is 107 Å². The lowest BCUT2D eigenvalue weighted by atomic mass is 10.2. The number of aryl methyl sites for hydroxylation is 1. The number of non-ortho nitro benzene ring substituents is 1. The average Bonchev–Trinajstić information content (AvgIpc) is 2.82. The Labute approximate surface area is 135 Å².